The van der Waals surface area contributed by atoms with Gasteiger partial charge < -0.3 is 10.2 Å². The first-order valence-electron chi connectivity index (χ1n) is 7.07. The highest BCUT2D eigenvalue weighted by Crippen LogP contribution is 2.15. The summed E-state index contributed by atoms with van der Waals surface area (Å²) in [6, 6.07) is 2.33. The van der Waals surface area contributed by atoms with Crippen molar-refractivity contribution >= 4 is 5.95 Å². The third-order valence-electron chi connectivity index (χ3n) is 3.77. The van der Waals surface area contributed by atoms with Crippen LogP contribution in [0.2, 0.25) is 0 Å². The fraction of sp³-hybridized carbons (Fsp3) is 0.500. The first kappa shape index (κ1) is 13.1. The molecule has 0 radical (unpaired) electrons. The lowest BCUT2D eigenvalue weighted by Crippen LogP contribution is -2.46. The van der Waals surface area contributed by atoms with Gasteiger partial charge in [-0.1, -0.05) is 0 Å². The van der Waals surface area contributed by atoms with E-state index in [0.717, 1.165) is 31.3 Å². The molecule has 20 heavy (non-hydrogen) atoms. The Labute approximate surface area is 118 Å². The molecule has 0 aromatic carbocycles. The van der Waals surface area contributed by atoms with Gasteiger partial charge in [0.2, 0.25) is 5.95 Å². The van der Waals surface area contributed by atoms with Crippen LogP contribution >= 0.6 is 0 Å². The summed E-state index contributed by atoms with van der Waals surface area (Å²) in [5, 5.41) is 10.6. The zero-order chi connectivity index (χ0) is 13.8. The van der Waals surface area contributed by atoms with Gasteiger partial charge in [-0.25, -0.2) is 9.97 Å². The predicted octanol–water partition coefficient (Wildman–Crippen LogP) is 1.27. The van der Waals surface area contributed by atoms with Crippen molar-refractivity contribution in [1.82, 2.24) is 25.5 Å². The van der Waals surface area contributed by atoms with Crippen molar-refractivity contribution in [1.29, 1.82) is 0 Å². The quantitative estimate of drug-likeness (QED) is 0.877. The van der Waals surface area contributed by atoms with Gasteiger partial charge >= 0.3 is 0 Å². The Morgan fingerprint density at radius 3 is 3.00 bits per heavy atom. The molecule has 3 rings (SSSR count). The van der Waals surface area contributed by atoms with Gasteiger partial charge in [0, 0.05) is 49.3 Å². The van der Waals surface area contributed by atoms with Crippen LogP contribution in [0.3, 0.4) is 0 Å². The molecule has 0 aliphatic carbocycles. The van der Waals surface area contributed by atoms with E-state index in [1.165, 1.54) is 18.4 Å². The van der Waals surface area contributed by atoms with E-state index in [1.54, 1.807) is 12.4 Å². The summed E-state index contributed by atoms with van der Waals surface area (Å²) >= 11 is 0. The van der Waals surface area contributed by atoms with E-state index in [0.29, 0.717) is 6.04 Å². The number of nitrogens with one attached hydrogen (secondary N) is 2. The number of aromatic amines is 1. The lowest BCUT2D eigenvalue weighted by molar-refractivity contribution is 0.418. The fourth-order valence-corrected chi connectivity index (χ4v) is 2.59. The van der Waals surface area contributed by atoms with Gasteiger partial charge in [0.05, 0.1) is 6.20 Å². The van der Waals surface area contributed by atoms with Crippen LogP contribution in [0.5, 0.6) is 0 Å². The normalized spacial score (nSPS) is 19.2. The molecule has 0 spiro atoms. The highest BCUT2D eigenvalue weighted by molar-refractivity contribution is 5.29. The molecule has 1 aliphatic heterocycles. The summed E-state index contributed by atoms with van der Waals surface area (Å²) in [5.74, 6) is 0.832. The molecule has 6 heteroatoms. The third kappa shape index (κ3) is 2.96. The number of aromatic nitrogens is 4. The maximum Gasteiger partial charge on any atom is 0.225 e. The molecule has 2 aromatic rings. The van der Waals surface area contributed by atoms with E-state index in [-0.39, 0.29) is 0 Å². The molecule has 2 aromatic heterocycles. The van der Waals surface area contributed by atoms with Crippen LogP contribution in [0.15, 0.2) is 24.7 Å². The standard InChI is InChI=1S/C14H20N6/c1-11-12(9-18-19-11)8-17-13-4-2-7-20(10-13)14-15-5-3-6-16-14/h3,5-6,9,13,17H,2,4,7-8,10H2,1H3,(H,18,19). The van der Waals surface area contributed by atoms with Gasteiger partial charge in [-0.05, 0) is 25.8 Å². The van der Waals surface area contributed by atoms with E-state index >= 15 is 0 Å². The van der Waals surface area contributed by atoms with Crippen molar-refractivity contribution < 1.29 is 0 Å². The molecular weight excluding hydrogens is 252 g/mol. The number of piperidine rings is 1. The number of nitrogens with zero attached hydrogens (tertiary/aromatic N) is 4. The number of H-pyrrole nitrogens is 1. The van der Waals surface area contributed by atoms with Gasteiger partial charge in [-0.2, -0.15) is 5.10 Å². The number of rotatable bonds is 4. The lowest BCUT2D eigenvalue weighted by Gasteiger charge is -2.33. The lowest BCUT2D eigenvalue weighted by atomic mass is 10.1. The second kappa shape index (κ2) is 6.00. The van der Waals surface area contributed by atoms with Gasteiger partial charge in [0.1, 0.15) is 0 Å². The van der Waals surface area contributed by atoms with Crippen LogP contribution in [-0.2, 0) is 6.54 Å². The molecular formula is C14H20N6. The summed E-state index contributed by atoms with van der Waals surface area (Å²) in [4.78, 5) is 10.9. The van der Waals surface area contributed by atoms with Gasteiger partial charge in [-0.3, -0.25) is 5.10 Å². The van der Waals surface area contributed by atoms with Crippen molar-refractivity contribution in [2.75, 3.05) is 18.0 Å². The van der Waals surface area contributed by atoms with E-state index in [4.69, 9.17) is 0 Å². The van der Waals surface area contributed by atoms with Gasteiger partial charge in [-0.15, -0.1) is 0 Å². The second-order valence-corrected chi connectivity index (χ2v) is 5.24. The van der Waals surface area contributed by atoms with Crippen LogP contribution in [0.4, 0.5) is 5.95 Å². The Morgan fingerprint density at radius 1 is 1.40 bits per heavy atom. The first-order valence-corrected chi connectivity index (χ1v) is 7.07. The molecule has 1 unspecified atom stereocenters. The smallest absolute Gasteiger partial charge is 0.225 e. The van der Waals surface area contributed by atoms with Gasteiger partial charge in [0.25, 0.3) is 0 Å². The zero-order valence-corrected chi connectivity index (χ0v) is 11.7. The summed E-state index contributed by atoms with van der Waals surface area (Å²) in [5.41, 5.74) is 2.37. The highest BCUT2D eigenvalue weighted by Gasteiger charge is 2.21. The SMILES string of the molecule is Cc1[nH]ncc1CNC1CCCN(c2ncccn2)C1. The van der Waals surface area contributed by atoms with Crippen LogP contribution in [0.1, 0.15) is 24.1 Å². The summed E-state index contributed by atoms with van der Waals surface area (Å²) in [6.07, 6.45) is 7.85. The Morgan fingerprint density at radius 2 is 2.25 bits per heavy atom. The van der Waals surface area contributed by atoms with Crippen molar-refractivity contribution in [2.24, 2.45) is 0 Å². The highest BCUT2D eigenvalue weighted by atomic mass is 15.3. The van der Waals surface area contributed by atoms with Crippen molar-refractivity contribution in [3.8, 4) is 0 Å². The fourth-order valence-electron chi connectivity index (χ4n) is 2.59. The number of hydrogen-bond donors (Lipinski definition) is 2. The molecule has 0 bridgehead atoms. The van der Waals surface area contributed by atoms with Crippen LogP contribution < -0.4 is 10.2 Å². The predicted molar refractivity (Wildman–Crippen MR) is 77.4 cm³/mol. The van der Waals surface area contributed by atoms with Crippen LogP contribution in [0, 0.1) is 6.92 Å². The summed E-state index contributed by atoms with van der Waals surface area (Å²) in [6.45, 7) is 4.90. The minimum Gasteiger partial charge on any atom is -0.339 e. The minimum atomic E-state index is 0.474. The molecule has 106 valence electrons. The molecule has 2 N–H and O–H groups in total. The average Bonchev–Trinajstić information content (AvgIpc) is 2.92. The molecule has 1 saturated heterocycles. The van der Waals surface area contributed by atoms with Crippen molar-refractivity contribution in [2.45, 2.75) is 32.4 Å². The molecule has 1 atom stereocenters. The monoisotopic (exact) mass is 272 g/mol. The summed E-state index contributed by atoms with van der Waals surface area (Å²) in [7, 11) is 0. The topological polar surface area (TPSA) is 69.7 Å². The summed E-state index contributed by atoms with van der Waals surface area (Å²) < 4.78 is 0. The molecule has 0 amide bonds. The maximum absolute atomic E-state index is 4.33. The van der Waals surface area contributed by atoms with Crippen molar-refractivity contribution in [3.63, 3.8) is 0 Å². The Bertz CT molecular complexity index is 538. The average molecular weight is 272 g/mol. The molecule has 3 heterocycles. The molecule has 6 nitrogen and oxygen atoms in total. The first-order chi connectivity index (χ1) is 9.83. The molecule has 1 aliphatic rings. The van der Waals surface area contributed by atoms with Gasteiger partial charge in [0.15, 0.2) is 0 Å². The van der Waals surface area contributed by atoms with E-state index in [9.17, 15) is 0 Å². The molecule has 0 saturated carbocycles. The molecule has 1 fully saturated rings. The van der Waals surface area contributed by atoms with E-state index in [1.807, 2.05) is 12.3 Å². The number of aryl methyl sites for hydroxylation is 1. The largest absolute Gasteiger partial charge is 0.339 e. The van der Waals surface area contributed by atoms with Crippen LogP contribution in [-0.4, -0.2) is 39.3 Å². The second-order valence-electron chi connectivity index (χ2n) is 5.24. The Hall–Kier alpha value is -1.95. The van der Waals surface area contributed by atoms with Crippen LogP contribution in [0.25, 0.3) is 0 Å². The van der Waals surface area contributed by atoms with E-state index in [2.05, 4.69) is 37.3 Å². The number of anilines is 1. The zero-order valence-electron chi connectivity index (χ0n) is 11.7. The minimum absolute atomic E-state index is 0.474. The third-order valence-corrected chi connectivity index (χ3v) is 3.77. The van der Waals surface area contributed by atoms with E-state index < -0.39 is 0 Å². The maximum atomic E-state index is 4.33. The number of hydrogen-bond acceptors (Lipinski definition) is 5. The Balaban J connectivity index is 1.57. The Kier molecular flexibility index (Phi) is 3.92. The van der Waals surface area contributed by atoms with Crippen molar-refractivity contribution in [3.05, 3.63) is 35.9 Å².